The van der Waals surface area contributed by atoms with Crippen molar-refractivity contribution in [2.24, 2.45) is 0 Å². The standard InChI is InChI=1S/C14H16ClNO2S2/c1-2-3-11-16(12-7-5-4-6-8-12)20(17,18)14-10-9-13(15)19-14/h4-10H,2-3,11H2,1H3. The normalized spacial score (nSPS) is 11.5. The number of rotatable bonds is 6. The molecule has 0 N–H and O–H groups in total. The number of para-hydroxylation sites is 1. The SMILES string of the molecule is CCCCN(c1ccccc1)S(=O)(=O)c1ccc(Cl)s1. The van der Waals surface area contributed by atoms with E-state index in [9.17, 15) is 8.42 Å². The number of unbranched alkanes of at least 4 members (excludes halogenated alkanes) is 1. The van der Waals surface area contributed by atoms with Crippen LogP contribution in [0.4, 0.5) is 5.69 Å². The molecule has 20 heavy (non-hydrogen) atoms. The van der Waals surface area contributed by atoms with Crippen LogP contribution in [0.15, 0.2) is 46.7 Å². The number of halogens is 1. The van der Waals surface area contributed by atoms with Gasteiger partial charge >= 0.3 is 0 Å². The Morgan fingerprint density at radius 1 is 1.15 bits per heavy atom. The van der Waals surface area contributed by atoms with E-state index < -0.39 is 10.0 Å². The van der Waals surface area contributed by atoms with Gasteiger partial charge in [-0.25, -0.2) is 8.42 Å². The molecule has 0 bridgehead atoms. The van der Waals surface area contributed by atoms with E-state index in [1.807, 2.05) is 37.3 Å². The minimum absolute atomic E-state index is 0.280. The Morgan fingerprint density at radius 3 is 2.40 bits per heavy atom. The molecule has 0 spiro atoms. The summed E-state index contributed by atoms with van der Waals surface area (Å²) >= 11 is 6.94. The summed E-state index contributed by atoms with van der Waals surface area (Å²) in [6.07, 6.45) is 1.75. The van der Waals surface area contributed by atoms with Crippen LogP contribution in [-0.2, 0) is 10.0 Å². The number of sulfonamides is 1. The molecule has 0 radical (unpaired) electrons. The van der Waals surface area contributed by atoms with Gasteiger partial charge in [-0.15, -0.1) is 11.3 Å². The predicted octanol–water partition coefficient (Wildman–Crippen LogP) is 4.40. The first-order valence-electron chi connectivity index (χ1n) is 6.39. The highest BCUT2D eigenvalue weighted by atomic mass is 35.5. The first kappa shape index (κ1) is 15.4. The maximum Gasteiger partial charge on any atom is 0.273 e. The maximum absolute atomic E-state index is 12.7. The van der Waals surface area contributed by atoms with Crippen molar-refractivity contribution in [3.8, 4) is 0 Å². The second-order valence-corrected chi connectivity index (χ2v) is 8.13. The minimum atomic E-state index is -3.54. The van der Waals surface area contributed by atoms with Gasteiger partial charge in [0.25, 0.3) is 10.0 Å². The molecule has 0 aliphatic carbocycles. The molecule has 0 unspecified atom stereocenters. The lowest BCUT2D eigenvalue weighted by Crippen LogP contribution is -2.31. The van der Waals surface area contributed by atoms with E-state index in [4.69, 9.17) is 11.6 Å². The first-order valence-corrected chi connectivity index (χ1v) is 9.02. The molecule has 108 valence electrons. The summed E-state index contributed by atoms with van der Waals surface area (Å²) in [4.78, 5) is 0. The molecule has 1 aromatic heterocycles. The van der Waals surface area contributed by atoms with Crippen molar-refractivity contribution in [1.82, 2.24) is 0 Å². The van der Waals surface area contributed by atoms with E-state index in [0.29, 0.717) is 16.6 Å². The van der Waals surface area contributed by atoms with Crippen LogP contribution in [0.25, 0.3) is 0 Å². The number of anilines is 1. The third-order valence-corrected chi connectivity index (χ3v) is 6.38. The largest absolute Gasteiger partial charge is 0.273 e. The van der Waals surface area contributed by atoms with Crippen LogP contribution in [-0.4, -0.2) is 15.0 Å². The predicted molar refractivity (Wildman–Crippen MR) is 85.2 cm³/mol. The lowest BCUT2D eigenvalue weighted by molar-refractivity contribution is 0.590. The van der Waals surface area contributed by atoms with E-state index in [1.165, 1.54) is 4.31 Å². The molecule has 6 heteroatoms. The second-order valence-electron chi connectivity index (χ2n) is 4.32. The number of nitrogens with zero attached hydrogens (tertiary/aromatic N) is 1. The van der Waals surface area contributed by atoms with Gasteiger partial charge in [0.2, 0.25) is 0 Å². The Kier molecular flexibility index (Phi) is 5.07. The summed E-state index contributed by atoms with van der Waals surface area (Å²) in [5.41, 5.74) is 0.686. The van der Waals surface area contributed by atoms with Gasteiger partial charge in [0, 0.05) is 6.54 Å². The Morgan fingerprint density at radius 2 is 1.85 bits per heavy atom. The smallest absolute Gasteiger partial charge is 0.266 e. The Balaban J connectivity index is 2.40. The topological polar surface area (TPSA) is 37.4 Å². The highest BCUT2D eigenvalue weighted by Crippen LogP contribution is 2.30. The third-order valence-electron chi connectivity index (χ3n) is 2.85. The molecule has 0 saturated carbocycles. The Hall–Kier alpha value is -1.04. The van der Waals surface area contributed by atoms with Crippen molar-refractivity contribution < 1.29 is 8.42 Å². The Labute approximate surface area is 128 Å². The molecular weight excluding hydrogens is 314 g/mol. The van der Waals surface area contributed by atoms with E-state index >= 15 is 0 Å². The van der Waals surface area contributed by atoms with E-state index in [2.05, 4.69) is 0 Å². The van der Waals surface area contributed by atoms with Crippen molar-refractivity contribution in [3.63, 3.8) is 0 Å². The summed E-state index contributed by atoms with van der Waals surface area (Å²) in [5, 5.41) is 0. The molecule has 0 aliphatic heterocycles. The van der Waals surface area contributed by atoms with Gasteiger partial charge in [-0.2, -0.15) is 0 Å². The third kappa shape index (κ3) is 3.34. The molecule has 0 fully saturated rings. The van der Waals surface area contributed by atoms with Crippen LogP contribution >= 0.6 is 22.9 Å². The fraction of sp³-hybridized carbons (Fsp3) is 0.286. The van der Waals surface area contributed by atoms with E-state index in [1.54, 1.807) is 12.1 Å². The van der Waals surface area contributed by atoms with Gasteiger partial charge in [-0.05, 0) is 30.7 Å². The van der Waals surface area contributed by atoms with E-state index in [0.717, 1.165) is 24.2 Å². The number of benzene rings is 1. The summed E-state index contributed by atoms with van der Waals surface area (Å²) < 4.78 is 27.7. The van der Waals surface area contributed by atoms with Crippen LogP contribution in [0, 0.1) is 0 Å². The molecule has 1 aromatic carbocycles. The van der Waals surface area contributed by atoms with Crippen molar-refractivity contribution in [3.05, 3.63) is 46.8 Å². The molecule has 0 atom stereocenters. The van der Waals surface area contributed by atoms with Gasteiger partial charge < -0.3 is 0 Å². The zero-order chi connectivity index (χ0) is 14.6. The van der Waals surface area contributed by atoms with Gasteiger partial charge in [-0.3, -0.25) is 4.31 Å². The molecule has 0 amide bonds. The number of thiophene rings is 1. The van der Waals surface area contributed by atoms with Gasteiger partial charge in [0.15, 0.2) is 0 Å². The zero-order valence-electron chi connectivity index (χ0n) is 11.1. The minimum Gasteiger partial charge on any atom is -0.266 e. The van der Waals surface area contributed by atoms with Gasteiger partial charge in [-0.1, -0.05) is 43.1 Å². The molecular formula is C14H16ClNO2S2. The molecule has 0 aliphatic rings. The van der Waals surface area contributed by atoms with Crippen LogP contribution in [0.3, 0.4) is 0 Å². The van der Waals surface area contributed by atoms with Crippen molar-refractivity contribution >= 4 is 38.6 Å². The van der Waals surface area contributed by atoms with Crippen LogP contribution < -0.4 is 4.31 Å². The Bertz CT molecular complexity index is 653. The average Bonchev–Trinajstić information content (AvgIpc) is 2.88. The lowest BCUT2D eigenvalue weighted by Gasteiger charge is -2.23. The average molecular weight is 330 g/mol. The number of hydrogen-bond acceptors (Lipinski definition) is 3. The zero-order valence-corrected chi connectivity index (χ0v) is 13.5. The van der Waals surface area contributed by atoms with Crippen molar-refractivity contribution in [2.45, 2.75) is 24.0 Å². The fourth-order valence-electron chi connectivity index (χ4n) is 1.83. The molecule has 2 rings (SSSR count). The molecule has 0 saturated heterocycles. The maximum atomic E-state index is 12.7. The summed E-state index contributed by atoms with van der Waals surface area (Å²) in [5.74, 6) is 0. The first-order chi connectivity index (χ1) is 9.55. The van der Waals surface area contributed by atoms with Crippen LogP contribution in [0.1, 0.15) is 19.8 Å². The highest BCUT2D eigenvalue weighted by molar-refractivity contribution is 7.94. The van der Waals surface area contributed by atoms with E-state index in [-0.39, 0.29) is 4.21 Å². The highest BCUT2D eigenvalue weighted by Gasteiger charge is 2.25. The summed E-state index contributed by atoms with van der Waals surface area (Å²) in [6.45, 7) is 2.51. The quantitative estimate of drug-likeness (QED) is 0.787. The van der Waals surface area contributed by atoms with Crippen LogP contribution in [0.2, 0.25) is 4.34 Å². The summed E-state index contributed by atoms with van der Waals surface area (Å²) in [6, 6.07) is 12.3. The van der Waals surface area contributed by atoms with Crippen LogP contribution in [0.5, 0.6) is 0 Å². The van der Waals surface area contributed by atoms with Crippen molar-refractivity contribution in [2.75, 3.05) is 10.8 Å². The van der Waals surface area contributed by atoms with Gasteiger partial charge in [0.1, 0.15) is 4.21 Å². The summed E-state index contributed by atoms with van der Waals surface area (Å²) in [7, 11) is -3.54. The van der Waals surface area contributed by atoms with Gasteiger partial charge in [0.05, 0.1) is 10.0 Å². The number of hydrogen-bond donors (Lipinski definition) is 0. The lowest BCUT2D eigenvalue weighted by atomic mass is 10.3. The fourth-order valence-corrected chi connectivity index (χ4v) is 4.93. The second kappa shape index (κ2) is 6.61. The monoisotopic (exact) mass is 329 g/mol. The molecule has 2 aromatic rings. The molecule has 1 heterocycles. The van der Waals surface area contributed by atoms with Crippen molar-refractivity contribution in [1.29, 1.82) is 0 Å². The molecule has 3 nitrogen and oxygen atoms in total.